The second kappa shape index (κ2) is 5.69. The molecule has 0 unspecified atom stereocenters. The molecule has 2 N–H and O–H groups in total. The molecule has 0 aliphatic rings. The summed E-state index contributed by atoms with van der Waals surface area (Å²) in [6, 6.07) is 0. The summed E-state index contributed by atoms with van der Waals surface area (Å²) in [5, 5.41) is 8.77. The standard InChI is InChI=1S/C10H19NO5/c1-6(2)7(8(12)13)16-11-9(14)15-10(3,4)5/h6-7H,1-5H3,(H,11,14)(H,12,13)/t7-/m0/s1. The monoisotopic (exact) mass is 233 g/mol. The number of carbonyl (C=O) groups excluding carboxylic acids is 1. The molecule has 0 saturated carbocycles. The molecule has 0 saturated heterocycles. The lowest BCUT2D eigenvalue weighted by Crippen LogP contribution is -2.40. The Bertz CT molecular complexity index is 256. The van der Waals surface area contributed by atoms with Crippen LogP contribution in [0.2, 0.25) is 0 Å². The molecule has 0 radical (unpaired) electrons. The summed E-state index contributed by atoms with van der Waals surface area (Å²) in [4.78, 5) is 26.6. The number of amides is 1. The summed E-state index contributed by atoms with van der Waals surface area (Å²) in [6.45, 7) is 8.45. The Labute approximate surface area is 94.9 Å². The van der Waals surface area contributed by atoms with Crippen molar-refractivity contribution in [2.75, 3.05) is 0 Å². The van der Waals surface area contributed by atoms with Crippen molar-refractivity contribution in [2.24, 2.45) is 5.92 Å². The van der Waals surface area contributed by atoms with Crippen molar-refractivity contribution < 1.29 is 24.3 Å². The highest BCUT2D eigenvalue weighted by atomic mass is 16.7. The molecule has 0 rings (SSSR count). The van der Waals surface area contributed by atoms with E-state index in [1.807, 2.05) is 5.48 Å². The maximum atomic E-state index is 11.2. The van der Waals surface area contributed by atoms with Crippen LogP contribution in [0.4, 0.5) is 4.79 Å². The van der Waals surface area contributed by atoms with Gasteiger partial charge >= 0.3 is 12.1 Å². The zero-order valence-electron chi connectivity index (χ0n) is 10.2. The molecule has 0 aromatic rings. The van der Waals surface area contributed by atoms with Crippen LogP contribution in [0.25, 0.3) is 0 Å². The first-order chi connectivity index (χ1) is 7.13. The molecule has 0 aromatic carbocycles. The fourth-order valence-electron chi connectivity index (χ4n) is 0.882. The van der Waals surface area contributed by atoms with Gasteiger partial charge in [0.05, 0.1) is 0 Å². The molecule has 6 nitrogen and oxygen atoms in total. The second-order valence-corrected chi connectivity index (χ2v) is 4.72. The van der Waals surface area contributed by atoms with Crippen LogP contribution in [0.1, 0.15) is 34.6 Å². The molecule has 0 bridgehead atoms. The van der Waals surface area contributed by atoms with Crippen molar-refractivity contribution in [3.8, 4) is 0 Å². The number of ether oxygens (including phenoxy) is 1. The molecule has 6 heteroatoms. The third kappa shape index (κ3) is 6.23. The maximum Gasteiger partial charge on any atom is 0.431 e. The Hall–Kier alpha value is -1.30. The lowest BCUT2D eigenvalue weighted by molar-refractivity contribution is -0.158. The van der Waals surface area contributed by atoms with Gasteiger partial charge in [-0.3, -0.25) is 4.84 Å². The van der Waals surface area contributed by atoms with E-state index in [4.69, 9.17) is 14.7 Å². The number of hydroxylamine groups is 1. The summed E-state index contributed by atoms with van der Waals surface area (Å²) < 4.78 is 4.88. The van der Waals surface area contributed by atoms with Gasteiger partial charge in [0.25, 0.3) is 0 Å². The average molecular weight is 233 g/mol. The first-order valence-electron chi connectivity index (χ1n) is 5.01. The normalized spacial score (nSPS) is 13.4. The molecular formula is C10H19NO5. The van der Waals surface area contributed by atoms with Crippen LogP contribution in [-0.4, -0.2) is 28.9 Å². The van der Waals surface area contributed by atoms with E-state index in [2.05, 4.69) is 0 Å². The summed E-state index contributed by atoms with van der Waals surface area (Å²) >= 11 is 0. The highest BCUT2D eigenvalue weighted by Gasteiger charge is 2.25. The van der Waals surface area contributed by atoms with Crippen LogP contribution in [0.3, 0.4) is 0 Å². The maximum absolute atomic E-state index is 11.2. The smallest absolute Gasteiger partial charge is 0.431 e. The SMILES string of the molecule is CC(C)[C@H](ONC(=O)OC(C)(C)C)C(=O)O. The van der Waals surface area contributed by atoms with Gasteiger partial charge in [0.2, 0.25) is 0 Å². The van der Waals surface area contributed by atoms with Crippen LogP contribution < -0.4 is 5.48 Å². The van der Waals surface area contributed by atoms with E-state index in [0.717, 1.165) is 0 Å². The van der Waals surface area contributed by atoms with E-state index >= 15 is 0 Å². The first kappa shape index (κ1) is 14.7. The van der Waals surface area contributed by atoms with Crippen LogP contribution in [0, 0.1) is 5.92 Å². The molecule has 0 aliphatic carbocycles. The van der Waals surface area contributed by atoms with Crippen LogP contribution in [0.15, 0.2) is 0 Å². The zero-order valence-corrected chi connectivity index (χ0v) is 10.2. The van der Waals surface area contributed by atoms with Crippen molar-refractivity contribution in [1.29, 1.82) is 0 Å². The predicted molar refractivity (Wildman–Crippen MR) is 56.7 cm³/mol. The number of nitrogens with one attached hydrogen (secondary N) is 1. The lowest BCUT2D eigenvalue weighted by Gasteiger charge is -2.21. The van der Waals surface area contributed by atoms with Gasteiger partial charge in [0.1, 0.15) is 5.60 Å². The van der Waals surface area contributed by atoms with Gasteiger partial charge in [-0.2, -0.15) is 5.48 Å². The van der Waals surface area contributed by atoms with Gasteiger partial charge in [-0.25, -0.2) is 9.59 Å². The molecule has 0 fully saturated rings. The summed E-state index contributed by atoms with van der Waals surface area (Å²) in [5.41, 5.74) is 1.31. The molecule has 16 heavy (non-hydrogen) atoms. The van der Waals surface area contributed by atoms with E-state index in [-0.39, 0.29) is 5.92 Å². The van der Waals surface area contributed by atoms with E-state index < -0.39 is 23.8 Å². The summed E-state index contributed by atoms with van der Waals surface area (Å²) in [7, 11) is 0. The van der Waals surface area contributed by atoms with Crippen molar-refractivity contribution in [3.63, 3.8) is 0 Å². The molecule has 1 amide bonds. The van der Waals surface area contributed by atoms with Crippen molar-refractivity contribution >= 4 is 12.1 Å². The Morgan fingerprint density at radius 1 is 1.25 bits per heavy atom. The van der Waals surface area contributed by atoms with Crippen molar-refractivity contribution in [1.82, 2.24) is 5.48 Å². The molecule has 0 spiro atoms. The van der Waals surface area contributed by atoms with E-state index in [0.29, 0.717) is 0 Å². The Morgan fingerprint density at radius 3 is 2.06 bits per heavy atom. The van der Waals surface area contributed by atoms with Gasteiger partial charge in [-0.1, -0.05) is 13.8 Å². The minimum Gasteiger partial charge on any atom is -0.479 e. The van der Waals surface area contributed by atoms with Gasteiger partial charge in [-0.05, 0) is 26.7 Å². The number of carboxylic acids is 1. The first-order valence-corrected chi connectivity index (χ1v) is 5.01. The highest BCUT2D eigenvalue weighted by molar-refractivity contribution is 5.73. The molecule has 1 atom stereocenters. The molecule has 0 aliphatic heterocycles. The average Bonchev–Trinajstić information content (AvgIpc) is 1.98. The molecular weight excluding hydrogens is 214 g/mol. The largest absolute Gasteiger partial charge is 0.479 e. The van der Waals surface area contributed by atoms with Crippen LogP contribution in [0.5, 0.6) is 0 Å². The van der Waals surface area contributed by atoms with Crippen LogP contribution in [-0.2, 0) is 14.4 Å². The number of carboxylic acid groups (broad SMARTS) is 1. The third-order valence-electron chi connectivity index (χ3n) is 1.52. The Morgan fingerprint density at radius 2 is 1.75 bits per heavy atom. The third-order valence-corrected chi connectivity index (χ3v) is 1.52. The van der Waals surface area contributed by atoms with Gasteiger partial charge < -0.3 is 9.84 Å². The fraction of sp³-hybridized carbons (Fsp3) is 0.800. The zero-order chi connectivity index (χ0) is 12.9. The summed E-state index contributed by atoms with van der Waals surface area (Å²) in [6.07, 6.45) is -1.90. The number of hydrogen-bond donors (Lipinski definition) is 2. The van der Waals surface area contributed by atoms with E-state index in [9.17, 15) is 9.59 Å². The van der Waals surface area contributed by atoms with Crippen LogP contribution >= 0.6 is 0 Å². The topological polar surface area (TPSA) is 84.9 Å². The molecule has 94 valence electrons. The summed E-state index contributed by atoms with van der Waals surface area (Å²) in [5.74, 6) is -1.39. The number of carbonyl (C=O) groups is 2. The number of aliphatic carboxylic acids is 1. The molecule has 0 heterocycles. The van der Waals surface area contributed by atoms with E-state index in [1.54, 1.807) is 34.6 Å². The number of hydrogen-bond acceptors (Lipinski definition) is 4. The number of rotatable bonds is 4. The Balaban J connectivity index is 4.12. The van der Waals surface area contributed by atoms with Crippen molar-refractivity contribution in [3.05, 3.63) is 0 Å². The highest BCUT2D eigenvalue weighted by Crippen LogP contribution is 2.08. The lowest BCUT2D eigenvalue weighted by atomic mass is 10.1. The Kier molecular flexibility index (Phi) is 5.23. The predicted octanol–water partition coefficient (Wildman–Crippen LogP) is 1.55. The fourth-order valence-corrected chi connectivity index (χ4v) is 0.882. The minimum absolute atomic E-state index is 0.257. The van der Waals surface area contributed by atoms with Gasteiger partial charge in [0, 0.05) is 0 Å². The minimum atomic E-state index is -1.13. The van der Waals surface area contributed by atoms with Gasteiger partial charge in [0.15, 0.2) is 6.10 Å². The van der Waals surface area contributed by atoms with E-state index in [1.165, 1.54) is 0 Å². The molecule has 0 aromatic heterocycles. The quantitative estimate of drug-likeness (QED) is 0.719. The van der Waals surface area contributed by atoms with Crippen molar-refractivity contribution in [2.45, 2.75) is 46.3 Å². The second-order valence-electron chi connectivity index (χ2n) is 4.72. The van der Waals surface area contributed by atoms with Gasteiger partial charge in [-0.15, -0.1) is 0 Å².